The van der Waals surface area contributed by atoms with Gasteiger partial charge in [-0.2, -0.15) is 5.10 Å². The first-order chi connectivity index (χ1) is 22.3. The molecule has 0 spiro atoms. The minimum Gasteiger partial charge on any atom is -0.497 e. The molecule has 1 aliphatic rings. The number of thioether (sulfide) groups is 1. The average molecular weight is 655 g/mol. The molecule has 1 N–H and O–H groups in total. The highest BCUT2D eigenvalue weighted by atomic mass is 32.2. The second-order valence-corrected chi connectivity index (χ2v) is 12.7. The van der Waals surface area contributed by atoms with Crippen LogP contribution in [0.15, 0.2) is 94.5 Å². The number of benzene rings is 3. The van der Waals surface area contributed by atoms with E-state index in [1.165, 1.54) is 30.0 Å². The number of aromatic nitrogens is 3. The standard InChI is InChI=1S/C34H31FN6O3S2/c1-21-9-10-22(2)28(16-21)40-31(19-36-33(43)24-6-4-7-25(35)17-24)37-38-34(40)46-20-32(42)41-29(23-11-13-26(44-3)14-12-23)18-27(39-41)30-8-5-15-45-30/h4-17,29H,18-20H2,1-3H3,(H,36,43). The molecule has 12 heteroatoms. The van der Waals surface area contributed by atoms with Gasteiger partial charge in [-0.3, -0.25) is 14.2 Å². The van der Waals surface area contributed by atoms with Crippen LogP contribution in [-0.4, -0.2) is 50.2 Å². The summed E-state index contributed by atoms with van der Waals surface area (Å²) < 4.78 is 20.9. The third-order valence-corrected chi connectivity index (χ3v) is 9.43. The second kappa shape index (κ2) is 13.7. The lowest BCUT2D eigenvalue weighted by Gasteiger charge is -2.22. The number of hydrazone groups is 1. The summed E-state index contributed by atoms with van der Waals surface area (Å²) in [5, 5.41) is 20.5. The molecule has 0 radical (unpaired) electrons. The highest BCUT2D eigenvalue weighted by molar-refractivity contribution is 7.99. The first kappa shape index (κ1) is 31.2. The van der Waals surface area contributed by atoms with E-state index in [4.69, 9.17) is 9.84 Å². The number of aryl methyl sites for hydroxylation is 2. The van der Waals surface area contributed by atoms with Crippen LogP contribution in [0.2, 0.25) is 0 Å². The molecule has 0 aliphatic carbocycles. The number of hydrogen-bond donors (Lipinski definition) is 1. The molecule has 2 amide bonds. The Balaban J connectivity index is 1.26. The molecular weight excluding hydrogens is 624 g/mol. The van der Waals surface area contributed by atoms with Crippen LogP contribution in [0, 0.1) is 19.7 Å². The third kappa shape index (κ3) is 6.73. The summed E-state index contributed by atoms with van der Waals surface area (Å²) in [7, 11) is 1.62. The highest BCUT2D eigenvalue weighted by Gasteiger charge is 2.34. The lowest BCUT2D eigenvalue weighted by atomic mass is 10.0. The van der Waals surface area contributed by atoms with Gasteiger partial charge in [0.1, 0.15) is 11.6 Å². The maximum absolute atomic E-state index is 13.8. The van der Waals surface area contributed by atoms with Crippen molar-refractivity contribution < 1.29 is 18.7 Å². The smallest absolute Gasteiger partial charge is 0.253 e. The van der Waals surface area contributed by atoms with E-state index in [2.05, 4.69) is 15.5 Å². The zero-order valence-corrected chi connectivity index (χ0v) is 27.1. The van der Waals surface area contributed by atoms with Crippen molar-refractivity contribution in [2.45, 2.75) is 38.0 Å². The summed E-state index contributed by atoms with van der Waals surface area (Å²) in [5.41, 5.74) is 4.88. The van der Waals surface area contributed by atoms with Crippen molar-refractivity contribution in [1.82, 2.24) is 25.1 Å². The fraction of sp³-hybridized carbons (Fsp3) is 0.206. The van der Waals surface area contributed by atoms with Gasteiger partial charge in [0.25, 0.3) is 11.8 Å². The molecule has 0 saturated carbocycles. The van der Waals surface area contributed by atoms with Crippen molar-refractivity contribution in [3.63, 3.8) is 0 Å². The van der Waals surface area contributed by atoms with E-state index in [0.29, 0.717) is 17.4 Å². The normalized spacial score (nSPS) is 14.3. The van der Waals surface area contributed by atoms with Gasteiger partial charge in [0.15, 0.2) is 11.0 Å². The molecule has 0 saturated heterocycles. The monoisotopic (exact) mass is 654 g/mol. The zero-order valence-electron chi connectivity index (χ0n) is 25.4. The molecule has 1 aliphatic heterocycles. The van der Waals surface area contributed by atoms with Gasteiger partial charge in [-0.1, -0.05) is 48.2 Å². The number of carbonyl (C=O) groups is 2. The Bertz CT molecular complexity index is 1910. The Kier molecular flexibility index (Phi) is 9.27. The SMILES string of the molecule is COc1ccc(C2CC(c3cccs3)=NN2C(=O)CSc2nnc(CNC(=O)c3cccc(F)c3)n2-c2cc(C)ccc2C)cc1. The Morgan fingerprint density at radius 2 is 1.87 bits per heavy atom. The molecule has 0 bridgehead atoms. The van der Waals surface area contributed by atoms with E-state index in [9.17, 15) is 14.0 Å². The van der Waals surface area contributed by atoms with Crippen LogP contribution in [0.3, 0.4) is 0 Å². The van der Waals surface area contributed by atoms with Crippen LogP contribution in [0.4, 0.5) is 4.39 Å². The number of amides is 2. The molecule has 3 aromatic carbocycles. The summed E-state index contributed by atoms with van der Waals surface area (Å²) in [6.07, 6.45) is 0.594. The molecular formula is C34H31FN6O3S2. The lowest BCUT2D eigenvalue weighted by Crippen LogP contribution is -2.28. The molecule has 6 rings (SSSR count). The second-order valence-electron chi connectivity index (χ2n) is 10.8. The Labute approximate surface area is 274 Å². The number of nitrogens with one attached hydrogen (secondary N) is 1. The van der Waals surface area contributed by atoms with E-state index >= 15 is 0 Å². The number of rotatable bonds is 10. The molecule has 1 atom stereocenters. The van der Waals surface area contributed by atoms with Gasteiger partial charge in [0.05, 0.1) is 41.7 Å². The maximum atomic E-state index is 13.8. The number of halogens is 1. The lowest BCUT2D eigenvalue weighted by molar-refractivity contribution is -0.130. The van der Waals surface area contributed by atoms with Gasteiger partial charge in [-0.15, -0.1) is 21.5 Å². The van der Waals surface area contributed by atoms with Gasteiger partial charge in [-0.25, -0.2) is 9.40 Å². The minimum absolute atomic E-state index is 0.0460. The molecule has 3 heterocycles. The number of nitrogens with zero attached hydrogens (tertiary/aromatic N) is 5. The fourth-order valence-electron chi connectivity index (χ4n) is 5.21. The van der Waals surface area contributed by atoms with Crippen LogP contribution in [0.1, 0.15) is 50.2 Å². The number of hydrogen-bond acceptors (Lipinski definition) is 8. The first-order valence-corrected chi connectivity index (χ1v) is 16.4. The van der Waals surface area contributed by atoms with Crippen molar-refractivity contribution in [3.05, 3.63) is 123 Å². The molecule has 234 valence electrons. The zero-order chi connectivity index (χ0) is 32.2. The van der Waals surface area contributed by atoms with Gasteiger partial charge in [0.2, 0.25) is 0 Å². The molecule has 1 unspecified atom stereocenters. The van der Waals surface area contributed by atoms with Crippen molar-refractivity contribution in [2.24, 2.45) is 5.10 Å². The predicted molar refractivity (Wildman–Crippen MR) is 177 cm³/mol. The summed E-state index contributed by atoms with van der Waals surface area (Å²) >= 11 is 2.85. The summed E-state index contributed by atoms with van der Waals surface area (Å²) in [6, 6.07) is 23.0. The number of carbonyl (C=O) groups excluding carboxylic acids is 2. The molecule has 46 heavy (non-hydrogen) atoms. The fourth-order valence-corrected chi connectivity index (χ4v) is 6.75. The van der Waals surface area contributed by atoms with Crippen LogP contribution in [0.25, 0.3) is 5.69 Å². The molecule has 0 fully saturated rings. The summed E-state index contributed by atoms with van der Waals surface area (Å²) in [4.78, 5) is 27.7. The van der Waals surface area contributed by atoms with E-state index in [1.807, 2.05) is 78.4 Å². The van der Waals surface area contributed by atoms with Gasteiger partial charge < -0.3 is 10.1 Å². The maximum Gasteiger partial charge on any atom is 0.253 e. The Morgan fingerprint density at radius 3 is 2.61 bits per heavy atom. The van der Waals surface area contributed by atoms with E-state index < -0.39 is 11.7 Å². The van der Waals surface area contributed by atoms with Crippen LogP contribution in [0.5, 0.6) is 5.75 Å². The quantitative estimate of drug-likeness (QED) is 0.173. The van der Waals surface area contributed by atoms with Gasteiger partial charge in [-0.05, 0) is 78.4 Å². The van der Waals surface area contributed by atoms with Crippen molar-refractivity contribution in [1.29, 1.82) is 0 Å². The summed E-state index contributed by atoms with van der Waals surface area (Å²) in [6.45, 7) is 4.02. The largest absolute Gasteiger partial charge is 0.497 e. The van der Waals surface area contributed by atoms with Crippen LogP contribution in [-0.2, 0) is 11.3 Å². The summed E-state index contributed by atoms with van der Waals surface area (Å²) in [5.74, 6) is 0.179. The molecule has 5 aromatic rings. The number of methoxy groups -OCH3 is 1. The van der Waals surface area contributed by atoms with Crippen LogP contribution < -0.4 is 10.1 Å². The van der Waals surface area contributed by atoms with Crippen molar-refractivity contribution in [2.75, 3.05) is 12.9 Å². The Hall–Kier alpha value is -4.81. The molecule has 2 aromatic heterocycles. The van der Waals surface area contributed by atoms with E-state index in [0.717, 1.165) is 38.7 Å². The van der Waals surface area contributed by atoms with Crippen LogP contribution >= 0.6 is 23.1 Å². The predicted octanol–water partition coefficient (Wildman–Crippen LogP) is 6.49. The number of ether oxygens (including phenoxy) is 1. The highest BCUT2D eigenvalue weighted by Crippen LogP contribution is 2.35. The number of thiophene rings is 1. The van der Waals surface area contributed by atoms with Crippen molar-refractivity contribution in [3.8, 4) is 11.4 Å². The molecule has 9 nitrogen and oxygen atoms in total. The van der Waals surface area contributed by atoms with Gasteiger partial charge in [0, 0.05) is 12.0 Å². The Morgan fingerprint density at radius 1 is 1.04 bits per heavy atom. The minimum atomic E-state index is -0.492. The van der Waals surface area contributed by atoms with E-state index in [1.54, 1.807) is 29.5 Å². The topological polar surface area (TPSA) is 102 Å². The third-order valence-electron chi connectivity index (χ3n) is 7.60. The van der Waals surface area contributed by atoms with Gasteiger partial charge >= 0.3 is 0 Å². The first-order valence-electron chi connectivity index (χ1n) is 14.6. The van der Waals surface area contributed by atoms with E-state index in [-0.39, 0.29) is 29.8 Å². The average Bonchev–Trinajstić information content (AvgIpc) is 3.84. The van der Waals surface area contributed by atoms with Crippen molar-refractivity contribution >= 4 is 40.6 Å².